The van der Waals surface area contributed by atoms with Gasteiger partial charge in [-0.3, -0.25) is 14.9 Å². The number of nitrogens with one attached hydrogen (secondary N) is 2. The number of piperidine rings is 1. The molecule has 0 spiro atoms. The van der Waals surface area contributed by atoms with Crippen molar-refractivity contribution in [1.82, 2.24) is 10.0 Å². The molecule has 0 bridgehead atoms. The van der Waals surface area contributed by atoms with Crippen LogP contribution in [0, 0.1) is 11.8 Å². The summed E-state index contributed by atoms with van der Waals surface area (Å²) in [6.07, 6.45) is 6.96. The van der Waals surface area contributed by atoms with Crippen LogP contribution in [0.1, 0.15) is 63.5 Å². The molecule has 1 aliphatic carbocycles. The maximum absolute atomic E-state index is 12.0. The van der Waals surface area contributed by atoms with Crippen molar-refractivity contribution in [3.8, 4) is 5.75 Å². The van der Waals surface area contributed by atoms with Crippen molar-refractivity contribution >= 4 is 23.8 Å². The molecule has 33 heavy (non-hydrogen) atoms. The van der Waals surface area contributed by atoms with Gasteiger partial charge < -0.3 is 4.74 Å². The fraction of sp³-hybridized carbons (Fsp3) is 0.481. The van der Waals surface area contributed by atoms with Gasteiger partial charge in [-0.2, -0.15) is 0 Å². The quantitative estimate of drug-likeness (QED) is 0.383. The Bertz CT molecular complexity index is 968. The van der Waals surface area contributed by atoms with Crippen LogP contribution >= 0.6 is 11.9 Å². The van der Waals surface area contributed by atoms with Gasteiger partial charge in [0.05, 0.1) is 6.61 Å². The van der Waals surface area contributed by atoms with Crippen LogP contribution in [0.4, 0.5) is 0 Å². The molecule has 1 atom stereocenters. The lowest BCUT2D eigenvalue weighted by Gasteiger charge is -2.27. The van der Waals surface area contributed by atoms with Crippen LogP contribution in [-0.4, -0.2) is 18.4 Å². The molecular weight excluding hydrogens is 432 g/mol. The summed E-state index contributed by atoms with van der Waals surface area (Å²) in [6, 6.07) is 16.7. The Hall–Kier alpha value is -2.31. The highest BCUT2D eigenvalue weighted by molar-refractivity contribution is 7.97. The monoisotopic (exact) mass is 466 g/mol. The van der Waals surface area contributed by atoms with Crippen molar-refractivity contribution < 1.29 is 14.3 Å². The standard InChI is InChI=1S/C27H34N2O3S/c1-27(2,22-13-10-19(11-14-22)16-21-12-15-25(30)28-26(21)31)29-33-24-9-5-8-23(17-24)32-18-20-6-3-4-7-20/h5,8-11,13-14,17,20-21,29H,3-4,6-7,12,15-16,18H2,1-2H3,(H,28,30,31). The lowest BCUT2D eigenvalue weighted by Crippen LogP contribution is -2.41. The van der Waals surface area contributed by atoms with Gasteiger partial charge in [-0.1, -0.05) is 43.2 Å². The Morgan fingerprint density at radius 1 is 1.06 bits per heavy atom. The number of ether oxygens (including phenoxy) is 1. The molecule has 4 rings (SSSR count). The zero-order chi connectivity index (χ0) is 23.3. The fourth-order valence-corrected chi connectivity index (χ4v) is 5.35. The first-order valence-corrected chi connectivity index (χ1v) is 12.8. The SMILES string of the molecule is CC(C)(NSc1cccc(OCC2CCCC2)c1)c1ccc(CC2CCC(=O)NC2=O)cc1. The van der Waals surface area contributed by atoms with Crippen molar-refractivity contribution in [2.75, 3.05) is 6.61 Å². The molecule has 1 saturated carbocycles. The Morgan fingerprint density at radius 2 is 1.82 bits per heavy atom. The molecule has 2 fully saturated rings. The third-order valence-electron chi connectivity index (χ3n) is 6.70. The second-order valence-electron chi connectivity index (χ2n) is 9.81. The van der Waals surface area contributed by atoms with Crippen LogP contribution in [0.5, 0.6) is 5.75 Å². The zero-order valence-electron chi connectivity index (χ0n) is 19.6. The zero-order valence-corrected chi connectivity index (χ0v) is 20.4. The molecule has 2 aliphatic rings. The van der Waals surface area contributed by atoms with E-state index in [0.29, 0.717) is 25.2 Å². The number of amides is 2. The van der Waals surface area contributed by atoms with Gasteiger partial charge in [0.2, 0.25) is 11.8 Å². The smallest absolute Gasteiger partial charge is 0.230 e. The number of hydrogen-bond acceptors (Lipinski definition) is 5. The average Bonchev–Trinajstić information content (AvgIpc) is 3.33. The van der Waals surface area contributed by atoms with Crippen LogP contribution in [0.25, 0.3) is 0 Å². The number of carbonyl (C=O) groups is 2. The highest BCUT2D eigenvalue weighted by Crippen LogP contribution is 2.30. The Kier molecular flexibility index (Phi) is 7.76. The molecule has 176 valence electrons. The molecule has 0 radical (unpaired) electrons. The van der Waals surface area contributed by atoms with E-state index in [9.17, 15) is 9.59 Å². The van der Waals surface area contributed by atoms with E-state index >= 15 is 0 Å². The third kappa shape index (κ3) is 6.61. The van der Waals surface area contributed by atoms with Gasteiger partial charge in [0.15, 0.2) is 0 Å². The van der Waals surface area contributed by atoms with Crippen LogP contribution in [0.2, 0.25) is 0 Å². The molecule has 5 nitrogen and oxygen atoms in total. The normalized spacial score (nSPS) is 19.5. The highest BCUT2D eigenvalue weighted by Gasteiger charge is 2.27. The van der Waals surface area contributed by atoms with E-state index < -0.39 is 0 Å². The summed E-state index contributed by atoms with van der Waals surface area (Å²) < 4.78 is 9.64. The van der Waals surface area contributed by atoms with Crippen molar-refractivity contribution in [2.45, 2.75) is 69.2 Å². The Labute approximate surface area is 201 Å². The van der Waals surface area contributed by atoms with E-state index in [-0.39, 0.29) is 23.3 Å². The minimum Gasteiger partial charge on any atom is -0.493 e. The van der Waals surface area contributed by atoms with Gasteiger partial charge in [-0.05, 0) is 86.7 Å². The minimum atomic E-state index is -0.238. The first-order chi connectivity index (χ1) is 15.9. The van der Waals surface area contributed by atoms with Gasteiger partial charge in [-0.25, -0.2) is 4.72 Å². The molecule has 1 unspecified atom stereocenters. The molecule has 2 N–H and O–H groups in total. The van der Waals surface area contributed by atoms with Gasteiger partial charge in [-0.15, -0.1) is 0 Å². The second kappa shape index (κ2) is 10.7. The van der Waals surface area contributed by atoms with Crippen LogP contribution in [-0.2, 0) is 21.5 Å². The van der Waals surface area contributed by atoms with Crippen molar-refractivity contribution in [1.29, 1.82) is 0 Å². The molecule has 2 aromatic carbocycles. The summed E-state index contributed by atoms with van der Waals surface area (Å²) >= 11 is 1.61. The number of hydrogen-bond donors (Lipinski definition) is 2. The van der Waals surface area contributed by atoms with Gasteiger partial charge >= 0.3 is 0 Å². The predicted molar refractivity (Wildman–Crippen MR) is 132 cm³/mol. The van der Waals surface area contributed by atoms with Crippen LogP contribution in [0.15, 0.2) is 53.4 Å². The summed E-state index contributed by atoms with van der Waals surface area (Å²) in [5.41, 5.74) is 2.05. The predicted octanol–water partition coefficient (Wildman–Crippen LogP) is 5.38. The maximum Gasteiger partial charge on any atom is 0.230 e. The molecule has 6 heteroatoms. The van der Waals surface area contributed by atoms with Crippen molar-refractivity contribution in [2.24, 2.45) is 11.8 Å². The molecule has 2 aromatic rings. The lowest BCUT2D eigenvalue weighted by atomic mass is 9.89. The van der Waals surface area contributed by atoms with E-state index in [1.165, 1.54) is 31.2 Å². The maximum atomic E-state index is 12.0. The topological polar surface area (TPSA) is 67.4 Å². The molecule has 1 aliphatic heterocycles. The van der Waals surface area contributed by atoms with E-state index in [4.69, 9.17) is 4.74 Å². The van der Waals surface area contributed by atoms with E-state index in [1.54, 1.807) is 11.9 Å². The van der Waals surface area contributed by atoms with E-state index in [1.807, 2.05) is 12.1 Å². The highest BCUT2D eigenvalue weighted by atomic mass is 32.2. The van der Waals surface area contributed by atoms with Crippen molar-refractivity contribution in [3.63, 3.8) is 0 Å². The Balaban J connectivity index is 1.30. The van der Waals surface area contributed by atoms with Crippen molar-refractivity contribution in [3.05, 3.63) is 59.7 Å². The number of benzene rings is 2. The molecule has 1 saturated heterocycles. The molecule has 0 aromatic heterocycles. The average molecular weight is 467 g/mol. The second-order valence-corrected chi connectivity index (χ2v) is 10.7. The molecule has 1 heterocycles. The lowest BCUT2D eigenvalue weighted by molar-refractivity contribution is -0.136. The first-order valence-electron chi connectivity index (χ1n) is 12.0. The summed E-state index contributed by atoms with van der Waals surface area (Å²) in [4.78, 5) is 24.5. The first kappa shape index (κ1) is 23.8. The summed E-state index contributed by atoms with van der Waals surface area (Å²) in [7, 11) is 0. The summed E-state index contributed by atoms with van der Waals surface area (Å²) in [5.74, 6) is 1.20. The number of rotatable bonds is 9. The number of imide groups is 1. The van der Waals surface area contributed by atoms with Gasteiger partial charge in [0.1, 0.15) is 5.75 Å². The largest absolute Gasteiger partial charge is 0.493 e. The van der Waals surface area contributed by atoms with E-state index in [2.05, 4.69) is 60.3 Å². The summed E-state index contributed by atoms with van der Waals surface area (Å²) in [6.45, 7) is 5.14. The number of carbonyl (C=O) groups excluding carboxylic acids is 2. The summed E-state index contributed by atoms with van der Waals surface area (Å²) in [5, 5.41) is 2.44. The fourth-order valence-electron chi connectivity index (χ4n) is 4.54. The van der Waals surface area contributed by atoms with Gasteiger partial charge in [0.25, 0.3) is 0 Å². The van der Waals surface area contributed by atoms with E-state index in [0.717, 1.165) is 22.8 Å². The minimum absolute atomic E-state index is 0.126. The van der Waals surface area contributed by atoms with Gasteiger partial charge in [0, 0.05) is 22.8 Å². The van der Waals surface area contributed by atoms with Crippen LogP contribution in [0.3, 0.4) is 0 Å². The Morgan fingerprint density at radius 3 is 2.55 bits per heavy atom. The molecular formula is C27H34N2O3S. The third-order valence-corrected chi connectivity index (χ3v) is 7.80. The van der Waals surface area contributed by atoms with Crippen LogP contribution < -0.4 is 14.8 Å². The molecule has 2 amide bonds.